The summed E-state index contributed by atoms with van der Waals surface area (Å²) in [5.41, 5.74) is 0. The first-order valence-electron chi connectivity index (χ1n) is 4.37. The Morgan fingerprint density at radius 3 is 2.73 bits per heavy atom. The van der Waals surface area contributed by atoms with Crippen molar-refractivity contribution in [3.05, 3.63) is 24.9 Å². The Kier molecular flexibility index (Phi) is 8.67. The van der Waals surface area contributed by atoms with Crippen LogP contribution in [0.15, 0.2) is 24.9 Å². The fourth-order valence-corrected chi connectivity index (χ4v) is 0.894. The Hall–Kier alpha value is -0.720. The normalized spacial score (nSPS) is 10.3. The summed E-state index contributed by atoms with van der Waals surface area (Å²) in [6.45, 7) is 6.80. The predicted molar refractivity (Wildman–Crippen MR) is 51.5 cm³/mol. The third-order valence-corrected chi connectivity index (χ3v) is 1.51. The van der Waals surface area contributed by atoms with E-state index in [-0.39, 0.29) is 0 Å². The van der Waals surface area contributed by atoms with Crippen LogP contribution in [0, 0.1) is 0 Å². The third kappa shape index (κ3) is 9.28. The highest BCUT2D eigenvalue weighted by atomic mass is 14.8. The van der Waals surface area contributed by atoms with Crippen LogP contribution in [-0.2, 0) is 0 Å². The van der Waals surface area contributed by atoms with E-state index >= 15 is 0 Å². The summed E-state index contributed by atoms with van der Waals surface area (Å²) in [7, 11) is 0. The molecule has 0 aromatic heterocycles. The Bertz CT molecular complexity index is 105. The predicted octanol–water partition coefficient (Wildman–Crippen LogP) is 2.86. The first-order valence-corrected chi connectivity index (χ1v) is 4.37. The minimum absolute atomic E-state index is 1.10. The molecule has 0 saturated carbocycles. The highest BCUT2D eigenvalue weighted by molar-refractivity contribution is 4.73. The minimum Gasteiger partial charge on any atom is -0.391 e. The van der Waals surface area contributed by atoms with Crippen molar-refractivity contribution < 1.29 is 0 Å². The van der Waals surface area contributed by atoms with Crippen molar-refractivity contribution in [1.82, 2.24) is 5.32 Å². The van der Waals surface area contributed by atoms with E-state index in [1.54, 1.807) is 0 Å². The van der Waals surface area contributed by atoms with E-state index in [4.69, 9.17) is 0 Å². The highest BCUT2D eigenvalue weighted by Gasteiger charge is 1.84. The van der Waals surface area contributed by atoms with Gasteiger partial charge in [0.05, 0.1) is 0 Å². The van der Waals surface area contributed by atoms with Crippen LogP contribution in [0.2, 0.25) is 0 Å². The van der Waals surface area contributed by atoms with E-state index in [0.29, 0.717) is 0 Å². The monoisotopic (exact) mass is 153 g/mol. The molecule has 0 amide bonds. The molecule has 1 nitrogen and oxygen atoms in total. The molecule has 1 heteroatoms. The van der Waals surface area contributed by atoms with Gasteiger partial charge >= 0.3 is 0 Å². The maximum absolute atomic E-state index is 3.68. The van der Waals surface area contributed by atoms with E-state index < -0.39 is 0 Å². The lowest BCUT2D eigenvalue weighted by Crippen LogP contribution is -2.05. The average Bonchev–Trinajstić information content (AvgIpc) is 2.03. The lowest BCUT2D eigenvalue weighted by molar-refractivity contribution is 0.661. The molecular formula is C10H19N. The van der Waals surface area contributed by atoms with Gasteiger partial charge in [-0.15, -0.1) is 6.58 Å². The molecule has 11 heavy (non-hydrogen) atoms. The Morgan fingerprint density at radius 1 is 1.27 bits per heavy atom. The fourth-order valence-electron chi connectivity index (χ4n) is 0.894. The van der Waals surface area contributed by atoms with E-state index in [9.17, 15) is 0 Å². The second kappa shape index (κ2) is 9.28. The molecule has 0 aliphatic rings. The van der Waals surface area contributed by atoms with Crippen molar-refractivity contribution in [2.45, 2.75) is 32.6 Å². The van der Waals surface area contributed by atoms with Crippen LogP contribution >= 0.6 is 0 Å². The van der Waals surface area contributed by atoms with E-state index in [1.807, 2.05) is 25.3 Å². The molecule has 0 spiro atoms. The van der Waals surface area contributed by atoms with Gasteiger partial charge < -0.3 is 5.32 Å². The summed E-state index contributed by atoms with van der Waals surface area (Å²) in [4.78, 5) is 0. The third-order valence-electron chi connectivity index (χ3n) is 1.51. The highest BCUT2D eigenvalue weighted by Crippen LogP contribution is 1.98. The van der Waals surface area contributed by atoms with Crippen LogP contribution < -0.4 is 5.32 Å². The molecule has 0 radical (unpaired) electrons. The Balaban J connectivity index is 2.84. The maximum atomic E-state index is 3.68. The SMILES string of the molecule is C=CCCCCCN/C=C\C. The first-order chi connectivity index (χ1) is 5.41. The largest absolute Gasteiger partial charge is 0.391 e. The number of rotatable bonds is 7. The Morgan fingerprint density at radius 2 is 2.09 bits per heavy atom. The van der Waals surface area contributed by atoms with E-state index in [2.05, 4.69) is 11.9 Å². The topological polar surface area (TPSA) is 12.0 Å². The molecule has 0 aliphatic heterocycles. The molecule has 0 rings (SSSR count). The van der Waals surface area contributed by atoms with E-state index in [0.717, 1.165) is 13.0 Å². The molecule has 0 fully saturated rings. The smallest absolute Gasteiger partial charge is 0.0141 e. The molecule has 1 N–H and O–H groups in total. The van der Waals surface area contributed by atoms with Gasteiger partial charge in [0.1, 0.15) is 0 Å². The maximum Gasteiger partial charge on any atom is 0.0141 e. The van der Waals surface area contributed by atoms with Gasteiger partial charge in [-0.25, -0.2) is 0 Å². The minimum atomic E-state index is 1.10. The van der Waals surface area contributed by atoms with Gasteiger partial charge in [-0.05, 0) is 32.4 Å². The lowest BCUT2D eigenvalue weighted by atomic mass is 10.2. The van der Waals surface area contributed by atoms with Gasteiger partial charge in [-0.3, -0.25) is 0 Å². The quantitative estimate of drug-likeness (QED) is 0.438. The van der Waals surface area contributed by atoms with Crippen LogP contribution in [-0.4, -0.2) is 6.54 Å². The van der Waals surface area contributed by atoms with Gasteiger partial charge in [0.2, 0.25) is 0 Å². The van der Waals surface area contributed by atoms with Crippen LogP contribution in [0.5, 0.6) is 0 Å². The zero-order valence-electron chi connectivity index (χ0n) is 7.47. The standard InChI is InChI=1S/C10H19N/c1-3-5-6-7-8-10-11-9-4-2/h3-4,9,11H,1,5-8,10H2,2H3/b9-4-. The van der Waals surface area contributed by atoms with Crippen LogP contribution in [0.25, 0.3) is 0 Å². The number of allylic oxidation sites excluding steroid dienone is 2. The zero-order valence-corrected chi connectivity index (χ0v) is 7.47. The molecule has 0 aliphatic carbocycles. The molecule has 0 atom stereocenters. The average molecular weight is 153 g/mol. The van der Waals surface area contributed by atoms with Crippen molar-refractivity contribution in [3.63, 3.8) is 0 Å². The van der Waals surface area contributed by atoms with Gasteiger partial charge in [0.25, 0.3) is 0 Å². The summed E-state index contributed by atoms with van der Waals surface area (Å²) in [6, 6.07) is 0. The van der Waals surface area contributed by atoms with Crippen molar-refractivity contribution in [3.8, 4) is 0 Å². The number of hydrogen-bond acceptors (Lipinski definition) is 1. The molecule has 0 unspecified atom stereocenters. The number of hydrogen-bond donors (Lipinski definition) is 1. The summed E-state index contributed by atoms with van der Waals surface area (Å²) < 4.78 is 0. The van der Waals surface area contributed by atoms with Crippen LogP contribution in [0.3, 0.4) is 0 Å². The van der Waals surface area contributed by atoms with Gasteiger partial charge in [-0.1, -0.05) is 18.6 Å². The van der Waals surface area contributed by atoms with Gasteiger partial charge in [0, 0.05) is 6.54 Å². The number of nitrogens with one attached hydrogen (secondary N) is 1. The lowest BCUT2D eigenvalue weighted by Gasteiger charge is -1.98. The van der Waals surface area contributed by atoms with Gasteiger partial charge in [0.15, 0.2) is 0 Å². The Labute approximate surface area is 70.2 Å². The molecule has 0 aromatic carbocycles. The summed E-state index contributed by atoms with van der Waals surface area (Å²) in [5.74, 6) is 0. The summed E-state index contributed by atoms with van der Waals surface area (Å²) >= 11 is 0. The first kappa shape index (κ1) is 10.3. The van der Waals surface area contributed by atoms with Crippen LogP contribution in [0.1, 0.15) is 32.6 Å². The number of unbranched alkanes of at least 4 members (excludes halogenated alkanes) is 3. The molecule has 0 heterocycles. The second-order valence-electron chi connectivity index (χ2n) is 2.59. The zero-order chi connectivity index (χ0) is 8.36. The van der Waals surface area contributed by atoms with Crippen molar-refractivity contribution in [2.24, 2.45) is 0 Å². The van der Waals surface area contributed by atoms with Crippen molar-refractivity contribution >= 4 is 0 Å². The fraction of sp³-hybridized carbons (Fsp3) is 0.600. The summed E-state index contributed by atoms with van der Waals surface area (Å²) in [5, 5.41) is 3.21. The second-order valence-corrected chi connectivity index (χ2v) is 2.59. The van der Waals surface area contributed by atoms with Crippen molar-refractivity contribution in [2.75, 3.05) is 6.54 Å². The molecular weight excluding hydrogens is 134 g/mol. The van der Waals surface area contributed by atoms with E-state index in [1.165, 1.54) is 19.3 Å². The van der Waals surface area contributed by atoms with Crippen LogP contribution in [0.4, 0.5) is 0 Å². The summed E-state index contributed by atoms with van der Waals surface area (Å²) in [6.07, 6.45) is 11.0. The molecule has 0 saturated heterocycles. The van der Waals surface area contributed by atoms with Gasteiger partial charge in [-0.2, -0.15) is 0 Å². The molecule has 64 valence electrons. The molecule has 0 bridgehead atoms. The molecule has 0 aromatic rings. The van der Waals surface area contributed by atoms with Crippen molar-refractivity contribution in [1.29, 1.82) is 0 Å².